The zero-order valence-corrected chi connectivity index (χ0v) is 10.1. The monoisotopic (exact) mass is 231 g/mol. The minimum absolute atomic E-state index is 0.442. The lowest BCUT2D eigenvalue weighted by atomic mass is 10.1. The standard InChI is InChI=1S/C14H17NO2/c1-10-5-3-6-12(11(10)2)15-9-13(16)14-7-4-8-17-14/h3-8,13,15-16H,9H2,1-2H3. The number of rotatable bonds is 4. The van der Waals surface area contributed by atoms with Crippen molar-refractivity contribution in [2.75, 3.05) is 11.9 Å². The van der Waals surface area contributed by atoms with E-state index in [-0.39, 0.29) is 0 Å². The number of furan rings is 1. The molecule has 0 saturated heterocycles. The maximum absolute atomic E-state index is 9.87. The highest BCUT2D eigenvalue weighted by Crippen LogP contribution is 2.20. The average Bonchev–Trinajstić information content (AvgIpc) is 2.84. The summed E-state index contributed by atoms with van der Waals surface area (Å²) in [6.45, 7) is 4.58. The van der Waals surface area contributed by atoms with E-state index in [1.54, 1.807) is 18.4 Å². The zero-order valence-electron chi connectivity index (χ0n) is 10.1. The summed E-state index contributed by atoms with van der Waals surface area (Å²) in [6, 6.07) is 9.64. The molecule has 3 heteroatoms. The van der Waals surface area contributed by atoms with E-state index in [1.165, 1.54) is 11.1 Å². The topological polar surface area (TPSA) is 45.4 Å². The van der Waals surface area contributed by atoms with Crippen LogP contribution < -0.4 is 5.32 Å². The third kappa shape index (κ3) is 2.68. The predicted molar refractivity (Wildman–Crippen MR) is 68.1 cm³/mol. The maximum atomic E-state index is 9.87. The number of aliphatic hydroxyl groups is 1. The summed E-state index contributed by atoms with van der Waals surface area (Å²) >= 11 is 0. The average molecular weight is 231 g/mol. The van der Waals surface area contributed by atoms with Crippen LogP contribution in [-0.2, 0) is 0 Å². The Hall–Kier alpha value is -1.74. The number of aliphatic hydroxyl groups excluding tert-OH is 1. The van der Waals surface area contributed by atoms with Crippen molar-refractivity contribution in [3.8, 4) is 0 Å². The summed E-state index contributed by atoms with van der Waals surface area (Å²) in [7, 11) is 0. The fourth-order valence-corrected chi connectivity index (χ4v) is 1.73. The van der Waals surface area contributed by atoms with Gasteiger partial charge in [0.25, 0.3) is 0 Å². The van der Waals surface area contributed by atoms with Crippen molar-refractivity contribution in [1.29, 1.82) is 0 Å². The van der Waals surface area contributed by atoms with Gasteiger partial charge in [0.15, 0.2) is 0 Å². The van der Waals surface area contributed by atoms with Crippen molar-refractivity contribution in [3.63, 3.8) is 0 Å². The summed E-state index contributed by atoms with van der Waals surface area (Å²) in [5.41, 5.74) is 3.50. The normalized spacial score (nSPS) is 12.4. The first-order valence-electron chi connectivity index (χ1n) is 5.70. The van der Waals surface area contributed by atoms with Crippen LogP contribution >= 0.6 is 0 Å². The van der Waals surface area contributed by atoms with Gasteiger partial charge in [-0.25, -0.2) is 0 Å². The Kier molecular flexibility index (Phi) is 3.49. The molecule has 3 nitrogen and oxygen atoms in total. The highest BCUT2D eigenvalue weighted by Gasteiger charge is 2.10. The first-order valence-corrected chi connectivity index (χ1v) is 5.70. The minimum Gasteiger partial charge on any atom is -0.467 e. The summed E-state index contributed by atoms with van der Waals surface area (Å²) < 4.78 is 5.15. The fraction of sp³-hybridized carbons (Fsp3) is 0.286. The van der Waals surface area contributed by atoms with Crippen molar-refractivity contribution in [1.82, 2.24) is 0 Å². The van der Waals surface area contributed by atoms with Crippen molar-refractivity contribution in [3.05, 3.63) is 53.5 Å². The fourth-order valence-electron chi connectivity index (χ4n) is 1.73. The first-order chi connectivity index (χ1) is 8.18. The molecule has 1 aromatic heterocycles. The van der Waals surface area contributed by atoms with E-state index < -0.39 is 6.10 Å². The minimum atomic E-state index is -0.620. The van der Waals surface area contributed by atoms with Gasteiger partial charge in [0.1, 0.15) is 11.9 Å². The molecule has 0 bridgehead atoms. The summed E-state index contributed by atoms with van der Waals surface area (Å²) in [5.74, 6) is 0.586. The molecule has 1 aromatic carbocycles. The van der Waals surface area contributed by atoms with E-state index >= 15 is 0 Å². The quantitative estimate of drug-likeness (QED) is 0.850. The molecule has 0 fully saturated rings. The zero-order chi connectivity index (χ0) is 12.3. The van der Waals surface area contributed by atoms with E-state index in [0.29, 0.717) is 12.3 Å². The molecule has 90 valence electrons. The van der Waals surface area contributed by atoms with Gasteiger partial charge in [-0.2, -0.15) is 0 Å². The van der Waals surface area contributed by atoms with Crippen LogP contribution in [0.15, 0.2) is 41.0 Å². The molecule has 0 aliphatic carbocycles. The lowest BCUT2D eigenvalue weighted by Gasteiger charge is -2.13. The van der Waals surface area contributed by atoms with Crippen molar-refractivity contribution in [2.45, 2.75) is 20.0 Å². The van der Waals surface area contributed by atoms with Crippen LogP contribution in [-0.4, -0.2) is 11.7 Å². The molecule has 0 amide bonds. The van der Waals surface area contributed by atoms with Crippen LogP contribution in [0.2, 0.25) is 0 Å². The highest BCUT2D eigenvalue weighted by molar-refractivity contribution is 5.53. The lowest BCUT2D eigenvalue weighted by molar-refractivity contribution is 0.162. The molecule has 2 aromatic rings. The Morgan fingerprint density at radius 2 is 2.06 bits per heavy atom. The van der Waals surface area contributed by atoms with E-state index in [4.69, 9.17) is 4.42 Å². The molecule has 1 atom stereocenters. The SMILES string of the molecule is Cc1cccc(NCC(O)c2ccco2)c1C. The molecule has 0 spiro atoms. The summed E-state index contributed by atoms with van der Waals surface area (Å²) in [4.78, 5) is 0. The molecule has 2 rings (SSSR count). The number of hydrogen-bond donors (Lipinski definition) is 2. The van der Waals surface area contributed by atoms with E-state index in [2.05, 4.69) is 25.2 Å². The second-order valence-electron chi connectivity index (χ2n) is 4.16. The van der Waals surface area contributed by atoms with Gasteiger partial charge in [-0.3, -0.25) is 0 Å². The molecule has 1 heterocycles. The molecule has 17 heavy (non-hydrogen) atoms. The van der Waals surface area contributed by atoms with Gasteiger partial charge in [-0.05, 0) is 43.2 Å². The third-order valence-electron chi connectivity index (χ3n) is 2.96. The van der Waals surface area contributed by atoms with Crippen molar-refractivity contribution < 1.29 is 9.52 Å². The van der Waals surface area contributed by atoms with Crippen molar-refractivity contribution in [2.24, 2.45) is 0 Å². The number of anilines is 1. The molecule has 0 saturated carbocycles. The van der Waals surface area contributed by atoms with Gasteiger partial charge in [0.05, 0.1) is 6.26 Å². The van der Waals surface area contributed by atoms with E-state index in [0.717, 1.165) is 5.69 Å². The highest BCUT2D eigenvalue weighted by atomic mass is 16.4. The lowest BCUT2D eigenvalue weighted by Crippen LogP contribution is -2.12. The largest absolute Gasteiger partial charge is 0.467 e. The van der Waals surface area contributed by atoms with Crippen LogP contribution in [0.25, 0.3) is 0 Å². The van der Waals surface area contributed by atoms with Crippen LogP contribution in [0.1, 0.15) is 23.0 Å². The number of nitrogens with one attached hydrogen (secondary N) is 1. The van der Waals surface area contributed by atoms with Crippen LogP contribution in [0, 0.1) is 13.8 Å². The molecule has 2 N–H and O–H groups in total. The smallest absolute Gasteiger partial charge is 0.134 e. The first kappa shape index (κ1) is 11.7. The molecule has 0 aliphatic rings. The van der Waals surface area contributed by atoms with Gasteiger partial charge < -0.3 is 14.8 Å². The maximum Gasteiger partial charge on any atom is 0.134 e. The van der Waals surface area contributed by atoms with E-state index in [9.17, 15) is 5.11 Å². The Labute approximate surface area is 101 Å². The van der Waals surface area contributed by atoms with Crippen molar-refractivity contribution >= 4 is 5.69 Å². The van der Waals surface area contributed by atoms with Crippen LogP contribution in [0.4, 0.5) is 5.69 Å². The van der Waals surface area contributed by atoms with Gasteiger partial charge in [-0.1, -0.05) is 12.1 Å². The molecular formula is C14H17NO2. The summed E-state index contributed by atoms with van der Waals surface area (Å²) in [6.07, 6.45) is 0.945. The molecule has 1 unspecified atom stereocenters. The summed E-state index contributed by atoms with van der Waals surface area (Å²) in [5, 5.41) is 13.1. The van der Waals surface area contributed by atoms with Gasteiger partial charge in [0, 0.05) is 12.2 Å². The third-order valence-corrected chi connectivity index (χ3v) is 2.96. The number of benzene rings is 1. The second kappa shape index (κ2) is 5.06. The predicted octanol–water partition coefficient (Wildman–Crippen LogP) is 3.04. The molecule has 0 radical (unpaired) electrons. The second-order valence-corrected chi connectivity index (χ2v) is 4.16. The van der Waals surface area contributed by atoms with Gasteiger partial charge in [0.2, 0.25) is 0 Å². The Morgan fingerprint density at radius 1 is 1.24 bits per heavy atom. The number of aryl methyl sites for hydroxylation is 1. The Balaban J connectivity index is 2.00. The van der Waals surface area contributed by atoms with Gasteiger partial charge in [-0.15, -0.1) is 0 Å². The number of hydrogen-bond acceptors (Lipinski definition) is 3. The Morgan fingerprint density at radius 3 is 2.76 bits per heavy atom. The van der Waals surface area contributed by atoms with Crippen LogP contribution in [0.5, 0.6) is 0 Å². The van der Waals surface area contributed by atoms with Crippen LogP contribution in [0.3, 0.4) is 0 Å². The molecule has 0 aliphatic heterocycles. The van der Waals surface area contributed by atoms with Gasteiger partial charge >= 0.3 is 0 Å². The Bertz CT molecular complexity index is 477. The van der Waals surface area contributed by atoms with E-state index in [1.807, 2.05) is 12.1 Å². The molecular weight excluding hydrogens is 214 g/mol.